The van der Waals surface area contributed by atoms with Gasteiger partial charge in [-0.2, -0.15) is 0 Å². The molecule has 4 heteroatoms. The summed E-state index contributed by atoms with van der Waals surface area (Å²) in [6, 6.07) is 0. The first-order chi connectivity index (χ1) is 15.6. The topological polar surface area (TPSA) is 77.8 Å². The minimum Gasteiger partial charge on any atom is -0.393 e. The Morgan fingerprint density at radius 3 is 2.41 bits per heavy atom. The van der Waals surface area contributed by atoms with Crippen LogP contribution < -0.4 is 0 Å². The van der Waals surface area contributed by atoms with Crippen LogP contribution in [0.2, 0.25) is 0 Å². The number of hydrogen-bond acceptors (Lipinski definition) is 4. The lowest BCUT2D eigenvalue weighted by Gasteiger charge is -2.63. The molecule has 0 heterocycles. The van der Waals surface area contributed by atoms with Crippen LogP contribution >= 0.6 is 0 Å². The number of fused-ring (bicyclic) bond motifs is 2. The molecule has 0 radical (unpaired) electrons. The molecule has 0 aliphatic heterocycles. The van der Waals surface area contributed by atoms with Gasteiger partial charge in [-0.3, -0.25) is 4.79 Å². The summed E-state index contributed by atoms with van der Waals surface area (Å²) in [5, 5.41) is 32.4. The maximum atomic E-state index is 12.8. The van der Waals surface area contributed by atoms with Gasteiger partial charge in [0.15, 0.2) is 5.78 Å². The van der Waals surface area contributed by atoms with Crippen LogP contribution in [0.15, 0.2) is 12.2 Å². The summed E-state index contributed by atoms with van der Waals surface area (Å²) >= 11 is 0. The normalized spacial score (nSPS) is 50.6. The van der Waals surface area contributed by atoms with Gasteiger partial charge in [0, 0.05) is 5.41 Å². The van der Waals surface area contributed by atoms with Crippen LogP contribution in [0.5, 0.6) is 0 Å². The fraction of sp³-hybridized carbons (Fsp3) is 0.900. The summed E-state index contributed by atoms with van der Waals surface area (Å²) in [6.07, 6.45) is 11.2. The third kappa shape index (κ3) is 2.91. The van der Waals surface area contributed by atoms with Crippen molar-refractivity contribution in [1.29, 1.82) is 0 Å². The summed E-state index contributed by atoms with van der Waals surface area (Å²) in [7, 11) is 0. The van der Waals surface area contributed by atoms with E-state index in [9.17, 15) is 20.1 Å². The molecule has 2 spiro atoms. The molecule has 0 amide bonds. The zero-order valence-corrected chi connectivity index (χ0v) is 22.5. The van der Waals surface area contributed by atoms with Crippen LogP contribution in [0.3, 0.4) is 0 Å². The molecule has 4 saturated carbocycles. The molecule has 10 unspecified atom stereocenters. The Morgan fingerprint density at radius 1 is 1.09 bits per heavy atom. The molecule has 4 fully saturated rings. The number of hydrogen-bond donors (Lipinski definition) is 3. The summed E-state index contributed by atoms with van der Waals surface area (Å²) in [5.41, 5.74) is -0.946. The predicted octanol–water partition coefficient (Wildman–Crippen LogP) is 5.29. The van der Waals surface area contributed by atoms with E-state index in [1.807, 2.05) is 6.08 Å². The van der Waals surface area contributed by atoms with Crippen molar-refractivity contribution < 1.29 is 20.1 Å². The maximum Gasteiger partial charge on any atom is 0.161 e. The first-order valence-corrected chi connectivity index (χ1v) is 13.9. The van der Waals surface area contributed by atoms with E-state index in [1.165, 1.54) is 12.8 Å². The molecule has 4 nitrogen and oxygen atoms in total. The van der Waals surface area contributed by atoms with E-state index in [-0.39, 0.29) is 44.9 Å². The Bertz CT molecular complexity index is 900. The number of rotatable bonds is 5. The second-order valence-corrected chi connectivity index (χ2v) is 14.8. The van der Waals surface area contributed by atoms with Gasteiger partial charge in [-0.05, 0) is 117 Å². The highest BCUT2D eigenvalue weighted by Gasteiger charge is 2.83. The SMILES string of the molecule is CC(CCC(O)C(C)(C)O)C1CCC2(C)C3C(O)CC4C(C)(C)C(=O)C=CC45CC35CCC12C. The molecule has 5 aliphatic carbocycles. The highest BCUT2D eigenvalue weighted by molar-refractivity contribution is 5.96. The first kappa shape index (κ1) is 25.0. The van der Waals surface area contributed by atoms with E-state index in [0.29, 0.717) is 24.2 Å². The van der Waals surface area contributed by atoms with Crippen molar-refractivity contribution in [2.45, 2.75) is 118 Å². The Balaban J connectivity index is 1.43. The van der Waals surface area contributed by atoms with E-state index in [2.05, 4.69) is 40.7 Å². The largest absolute Gasteiger partial charge is 0.393 e. The molecular weight excluding hydrogens is 424 g/mol. The number of carbonyl (C=O) groups excluding carboxylic acids is 1. The Hall–Kier alpha value is -0.710. The van der Waals surface area contributed by atoms with Crippen molar-refractivity contribution in [3.05, 3.63) is 12.2 Å². The lowest BCUT2D eigenvalue weighted by atomic mass is 9.42. The Labute approximate surface area is 206 Å². The summed E-state index contributed by atoms with van der Waals surface area (Å²) < 4.78 is 0. The fourth-order valence-corrected chi connectivity index (χ4v) is 10.5. The number of allylic oxidation sites excluding steroid dienone is 2. The van der Waals surface area contributed by atoms with E-state index in [4.69, 9.17) is 0 Å². The standard InChI is InChI=1S/C30H48O4/c1-18(8-9-23(33)26(4,5)34)19-10-12-28(7)24-20(31)16-21-25(2,3)22(32)11-13-29(21)17-30(24,29)15-14-27(19,28)6/h11,13,18-21,23-24,31,33-34H,8-10,12,14-17H2,1-7H3. The van der Waals surface area contributed by atoms with Crippen LogP contribution in [0.25, 0.3) is 0 Å². The van der Waals surface area contributed by atoms with E-state index >= 15 is 0 Å². The van der Waals surface area contributed by atoms with Gasteiger partial charge in [0.05, 0.1) is 17.8 Å². The van der Waals surface area contributed by atoms with Crippen molar-refractivity contribution in [1.82, 2.24) is 0 Å². The van der Waals surface area contributed by atoms with Crippen molar-refractivity contribution in [3.63, 3.8) is 0 Å². The molecule has 0 aromatic heterocycles. The van der Waals surface area contributed by atoms with Crippen LogP contribution in [0.1, 0.15) is 99.8 Å². The zero-order valence-electron chi connectivity index (χ0n) is 22.5. The molecule has 34 heavy (non-hydrogen) atoms. The van der Waals surface area contributed by atoms with Crippen LogP contribution in [0, 0.1) is 50.7 Å². The van der Waals surface area contributed by atoms with Gasteiger partial charge in [0.1, 0.15) is 0 Å². The summed E-state index contributed by atoms with van der Waals surface area (Å²) in [6.45, 7) is 14.9. The van der Waals surface area contributed by atoms with E-state index in [1.54, 1.807) is 13.8 Å². The lowest BCUT2D eigenvalue weighted by Crippen LogP contribution is -2.60. The molecule has 0 bridgehead atoms. The van der Waals surface area contributed by atoms with Crippen molar-refractivity contribution >= 4 is 5.78 Å². The molecule has 0 saturated heterocycles. The van der Waals surface area contributed by atoms with Gasteiger partial charge in [0.25, 0.3) is 0 Å². The highest BCUT2D eigenvalue weighted by Crippen LogP contribution is 2.87. The molecular formula is C30H48O4. The molecule has 3 N–H and O–H groups in total. The average Bonchev–Trinajstić information content (AvgIpc) is 3.30. The van der Waals surface area contributed by atoms with Crippen molar-refractivity contribution in [3.8, 4) is 0 Å². The highest BCUT2D eigenvalue weighted by atomic mass is 16.3. The second-order valence-electron chi connectivity index (χ2n) is 14.8. The number of aliphatic hydroxyl groups excluding tert-OH is 2. The summed E-state index contributed by atoms with van der Waals surface area (Å²) in [4.78, 5) is 12.8. The fourth-order valence-electron chi connectivity index (χ4n) is 10.5. The number of carbonyl (C=O) groups is 1. The zero-order chi connectivity index (χ0) is 25.1. The lowest BCUT2D eigenvalue weighted by molar-refractivity contribution is -0.177. The Kier molecular flexibility index (Phi) is 5.28. The van der Waals surface area contributed by atoms with Gasteiger partial charge in [-0.25, -0.2) is 0 Å². The molecule has 192 valence electrons. The minimum absolute atomic E-state index is 0.0897. The van der Waals surface area contributed by atoms with Crippen molar-refractivity contribution in [2.24, 2.45) is 50.7 Å². The summed E-state index contributed by atoms with van der Waals surface area (Å²) in [5.74, 6) is 1.82. The maximum absolute atomic E-state index is 12.8. The van der Waals surface area contributed by atoms with Crippen LogP contribution in [-0.2, 0) is 4.79 Å². The van der Waals surface area contributed by atoms with Gasteiger partial charge >= 0.3 is 0 Å². The molecule has 0 aromatic carbocycles. The average molecular weight is 473 g/mol. The molecule has 10 atom stereocenters. The molecule has 5 rings (SSSR count). The van der Waals surface area contributed by atoms with Crippen molar-refractivity contribution in [2.75, 3.05) is 0 Å². The second kappa shape index (κ2) is 7.19. The van der Waals surface area contributed by atoms with Crippen LogP contribution in [-0.4, -0.2) is 38.9 Å². The van der Waals surface area contributed by atoms with E-state index < -0.39 is 11.7 Å². The number of ketones is 1. The predicted molar refractivity (Wildman–Crippen MR) is 134 cm³/mol. The van der Waals surface area contributed by atoms with Crippen LogP contribution in [0.4, 0.5) is 0 Å². The first-order valence-electron chi connectivity index (χ1n) is 13.9. The van der Waals surface area contributed by atoms with Gasteiger partial charge < -0.3 is 15.3 Å². The monoisotopic (exact) mass is 472 g/mol. The van der Waals surface area contributed by atoms with Gasteiger partial charge in [-0.1, -0.05) is 40.7 Å². The Morgan fingerprint density at radius 2 is 1.76 bits per heavy atom. The van der Waals surface area contributed by atoms with E-state index in [0.717, 1.165) is 32.1 Å². The third-order valence-corrected chi connectivity index (χ3v) is 12.8. The number of aliphatic hydroxyl groups is 3. The minimum atomic E-state index is -1.06. The molecule has 5 aliphatic rings. The molecule has 0 aromatic rings. The van der Waals surface area contributed by atoms with Gasteiger partial charge in [-0.15, -0.1) is 0 Å². The quantitative estimate of drug-likeness (QED) is 0.508. The smallest absolute Gasteiger partial charge is 0.161 e. The third-order valence-electron chi connectivity index (χ3n) is 12.8. The van der Waals surface area contributed by atoms with Gasteiger partial charge in [0.2, 0.25) is 0 Å².